The van der Waals surface area contributed by atoms with Crippen LogP contribution in [0.15, 0.2) is 18.2 Å². The predicted molar refractivity (Wildman–Crippen MR) is 69.8 cm³/mol. The minimum Gasteiger partial charge on any atom is -0.324 e. The number of hydrogen-bond acceptors (Lipinski definition) is 4. The number of nitrogens with zero attached hydrogens (tertiary/aromatic N) is 1. The third kappa shape index (κ3) is 3.68. The fraction of sp³-hybridized carbons (Fsp3) is 0.364. The second-order valence-corrected chi connectivity index (χ2v) is 4.28. The summed E-state index contributed by atoms with van der Waals surface area (Å²) in [5.41, 5.74) is 0.134. The Bertz CT molecular complexity index is 465. The zero-order chi connectivity index (χ0) is 13.7. The van der Waals surface area contributed by atoms with Gasteiger partial charge in [-0.05, 0) is 13.1 Å². The standard InChI is InChI=1S/C11H14ClN3O3/c1-7(6-13-2)11(16)14-10-5-8(15(17)18)3-4-9(10)12/h3-5,7,13H,6H2,1-2H3,(H,14,16). The number of anilines is 1. The third-order valence-corrected chi connectivity index (χ3v) is 2.71. The topological polar surface area (TPSA) is 84.3 Å². The molecule has 1 rings (SSSR count). The van der Waals surface area contributed by atoms with Gasteiger partial charge < -0.3 is 10.6 Å². The van der Waals surface area contributed by atoms with Gasteiger partial charge in [-0.25, -0.2) is 0 Å². The van der Waals surface area contributed by atoms with E-state index in [1.54, 1.807) is 14.0 Å². The van der Waals surface area contributed by atoms with Crippen LogP contribution in [0.25, 0.3) is 0 Å². The highest BCUT2D eigenvalue weighted by atomic mass is 35.5. The lowest BCUT2D eigenvalue weighted by Gasteiger charge is -2.12. The zero-order valence-electron chi connectivity index (χ0n) is 10.1. The monoisotopic (exact) mass is 271 g/mol. The molecule has 7 heteroatoms. The number of carbonyl (C=O) groups excluding carboxylic acids is 1. The van der Waals surface area contributed by atoms with Crippen LogP contribution >= 0.6 is 11.6 Å². The Morgan fingerprint density at radius 3 is 2.78 bits per heavy atom. The van der Waals surface area contributed by atoms with Crippen LogP contribution in [0.5, 0.6) is 0 Å². The van der Waals surface area contributed by atoms with E-state index in [0.717, 1.165) is 0 Å². The molecule has 1 unspecified atom stereocenters. The van der Waals surface area contributed by atoms with Gasteiger partial charge in [0.05, 0.1) is 15.6 Å². The lowest BCUT2D eigenvalue weighted by atomic mass is 10.1. The Kier molecular flexibility index (Phi) is 5.06. The summed E-state index contributed by atoms with van der Waals surface area (Å²) >= 11 is 5.87. The molecule has 2 N–H and O–H groups in total. The van der Waals surface area contributed by atoms with Crippen molar-refractivity contribution in [2.45, 2.75) is 6.92 Å². The maximum atomic E-state index is 11.8. The smallest absolute Gasteiger partial charge is 0.271 e. The highest BCUT2D eigenvalue weighted by Crippen LogP contribution is 2.26. The first-order chi connectivity index (χ1) is 8.45. The van der Waals surface area contributed by atoms with Crippen LogP contribution in [0.2, 0.25) is 5.02 Å². The Morgan fingerprint density at radius 1 is 1.56 bits per heavy atom. The maximum absolute atomic E-state index is 11.8. The fourth-order valence-corrected chi connectivity index (χ4v) is 1.54. The predicted octanol–water partition coefficient (Wildman–Crippen LogP) is 2.04. The van der Waals surface area contributed by atoms with Gasteiger partial charge in [0.15, 0.2) is 0 Å². The van der Waals surface area contributed by atoms with Gasteiger partial charge in [0.1, 0.15) is 0 Å². The number of halogens is 1. The number of hydrogen-bond donors (Lipinski definition) is 2. The molecular weight excluding hydrogens is 258 g/mol. The normalized spacial score (nSPS) is 11.9. The molecule has 98 valence electrons. The van der Waals surface area contributed by atoms with Crippen molar-refractivity contribution in [2.24, 2.45) is 5.92 Å². The number of carbonyl (C=O) groups is 1. The van der Waals surface area contributed by atoms with Gasteiger partial charge in [0.2, 0.25) is 5.91 Å². The van der Waals surface area contributed by atoms with Crippen molar-refractivity contribution in [2.75, 3.05) is 18.9 Å². The van der Waals surface area contributed by atoms with Gasteiger partial charge in [-0.15, -0.1) is 0 Å². The van der Waals surface area contributed by atoms with Crippen molar-refractivity contribution in [1.82, 2.24) is 5.32 Å². The van der Waals surface area contributed by atoms with Gasteiger partial charge in [-0.2, -0.15) is 0 Å². The summed E-state index contributed by atoms with van der Waals surface area (Å²) < 4.78 is 0. The molecule has 0 bridgehead atoms. The molecule has 0 spiro atoms. The van der Waals surface area contributed by atoms with E-state index in [1.807, 2.05) is 0 Å². The van der Waals surface area contributed by atoms with Crippen LogP contribution in [0.1, 0.15) is 6.92 Å². The molecule has 0 saturated carbocycles. The molecule has 1 amide bonds. The highest BCUT2D eigenvalue weighted by molar-refractivity contribution is 6.33. The number of amides is 1. The Hall–Kier alpha value is -1.66. The van der Waals surface area contributed by atoms with Crippen LogP contribution in [0.3, 0.4) is 0 Å². The molecule has 1 atom stereocenters. The van der Waals surface area contributed by atoms with E-state index in [1.165, 1.54) is 18.2 Å². The average Bonchev–Trinajstić information content (AvgIpc) is 2.31. The Labute approximate surface area is 109 Å². The van der Waals surface area contributed by atoms with Crippen molar-refractivity contribution < 1.29 is 9.72 Å². The van der Waals surface area contributed by atoms with E-state index in [-0.39, 0.29) is 28.2 Å². The molecule has 0 heterocycles. The molecule has 18 heavy (non-hydrogen) atoms. The van der Waals surface area contributed by atoms with Gasteiger partial charge in [0.25, 0.3) is 5.69 Å². The number of rotatable bonds is 5. The Balaban J connectivity index is 2.86. The van der Waals surface area contributed by atoms with E-state index in [0.29, 0.717) is 6.54 Å². The van der Waals surface area contributed by atoms with Crippen molar-refractivity contribution in [3.8, 4) is 0 Å². The molecule has 1 aromatic carbocycles. The SMILES string of the molecule is CNCC(C)C(=O)Nc1cc([N+](=O)[O-])ccc1Cl. The third-order valence-electron chi connectivity index (χ3n) is 2.38. The molecule has 0 aliphatic rings. The van der Waals surface area contributed by atoms with Gasteiger partial charge in [0, 0.05) is 24.6 Å². The summed E-state index contributed by atoms with van der Waals surface area (Å²) in [6.07, 6.45) is 0. The molecule has 0 aliphatic heterocycles. The first-order valence-electron chi connectivity index (χ1n) is 5.35. The van der Waals surface area contributed by atoms with Crippen LogP contribution in [0.4, 0.5) is 11.4 Å². The number of non-ortho nitro benzene ring substituents is 1. The molecule has 1 aromatic rings. The second kappa shape index (κ2) is 6.32. The first kappa shape index (κ1) is 14.4. The van der Waals surface area contributed by atoms with Gasteiger partial charge in [-0.1, -0.05) is 18.5 Å². The summed E-state index contributed by atoms with van der Waals surface area (Å²) in [5.74, 6) is -0.503. The van der Waals surface area contributed by atoms with E-state index in [2.05, 4.69) is 10.6 Å². The van der Waals surface area contributed by atoms with Gasteiger partial charge >= 0.3 is 0 Å². The number of nitrogens with one attached hydrogen (secondary N) is 2. The lowest BCUT2D eigenvalue weighted by Crippen LogP contribution is -2.28. The Morgan fingerprint density at radius 2 is 2.22 bits per heavy atom. The fourth-order valence-electron chi connectivity index (χ4n) is 1.38. The van der Waals surface area contributed by atoms with E-state index < -0.39 is 4.92 Å². The second-order valence-electron chi connectivity index (χ2n) is 3.87. The average molecular weight is 272 g/mol. The van der Waals surface area contributed by atoms with E-state index >= 15 is 0 Å². The molecule has 0 saturated heterocycles. The maximum Gasteiger partial charge on any atom is 0.271 e. The van der Waals surface area contributed by atoms with Crippen molar-refractivity contribution in [1.29, 1.82) is 0 Å². The van der Waals surface area contributed by atoms with Crippen molar-refractivity contribution >= 4 is 28.9 Å². The van der Waals surface area contributed by atoms with Crippen LogP contribution in [-0.2, 0) is 4.79 Å². The summed E-state index contributed by atoms with van der Waals surface area (Å²) in [6, 6.07) is 3.92. The summed E-state index contributed by atoms with van der Waals surface area (Å²) in [7, 11) is 1.74. The van der Waals surface area contributed by atoms with E-state index in [9.17, 15) is 14.9 Å². The van der Waals surface area contributed by atoms with Crippen LogP contribution in [0, 0.1) is 16.0 Å². The molecule has 0 radical (unpaired) electrons. The van der Waals surface area contributed by atoms with E-state index in [4.69, 9.17) is 11.6 Å². The lowest BCUT2D eigenvalue weighted by molar-refractivity contribution is -0.384. The molecule has 0 fully saturated rings. The van der Waals surface area contributed by atoms with Gasteiger partial charge in [-0.3, -0.25) is 14.9 Å². The largest absolute Gasteiger partial charge is 0.324 e. The molecule has 0 aliphatic carbocycles. The number of nitro groups is 1. The summed E-state index contributed by atoms with van der Waals surface area (Å²) in [6.45, 7) is 2.26. The highest BCUT2D eigenvalue weighted by Gasteiger charge is 2.15. The zero-order valence-corrected chi connectivity index (χ0v) is 10.8. The van der Waals surface area contributed by atoms with Crippen LogP contribution in [-0.4, -0.2) is 24.4 Å². The minimum atomic E-state index is -0.539. The number of nitro benzene ring substituents is 1. The molecule has 6 nitrogen and oxygen atoms in total. The van der Waals surface area contributed by atoms with Crippen LogP contribution < -0.4 is 10.6 Å². The minimum absolute atomic E-state index is 0.115. The first-order valence-corrected chi connectivity index (χ1v) is 5.73. The number of benzene rings is 1. The summed E-state index contributed by atoms with van der Waals surface area (Å²) in [5, 5.41) is 16.3. The molecule has 0 aromatic heterocycles. The van der Waals surface area contributed by atoms with Crippen molar-refractivity contribution in [3.63, 3.8) is 0 Å². The molecular formula is C11H14ClN3O3. The quantitative estimate of drug-likeness (QED) is 0.634. The summed E-state index contributed by atoms with van der Waals surface area (Å²) in [4.78, 5) is 21.8. The van der Waals surface area contributed by atoms with Crippen molar-refractivity contribution in [3.05, 3.63) is 33.3 Å².